The first-order valence-electron chi connectivity index (χ1n) is 3.94. The summed E-state index contributed by atoms with van der Waals surface area (Å²) in [6.07, 6.45) is 0. The predicted octanol–water partition coefficient (Wildman–Crippen LogP) is -0.133. The Morgan fingerprint density at radius 1 is 1.08 bits per heavy atom. The summed E-state index contributed by atoms with van der Waals surface area (Å²) in [5.41, 5.74) is 0. The Morgan fingerprint density at radius 3 is 1.54 bits per heavy atom. The van der Waals surface area contributed by atoms with Crippen LogP contribution in [-0.4, -0.2) is 53.8 Å². The molecule has 0 rings (SSSR count). The van der Waals surface area contributed by atoms with E-state index in [2.05, 4.69) is 0 Å². The van der Waals surface area contributed by atoms with Crippen molar-refractivity contribution in [2.45, 2.75) is 13.0 Å². The second-order valence-corrected chi connectivity index (χ2v) is 4.03. The monoisotopic (exact) mass is 190 g/mol. The van der Waals surface area contributed by atoms with E-state index < -0.39 is 23.9 Å². The first kappa shape index (κ1) is 11.9. The van der Waals surface area contributed by atoms with Crippen molar-refractivity contribution < 1.29 is 24.3 Å². The molecule has 0 aromatic rings. The largest absolute Gasteiger partial charge is 0.481 e. The molecule has 5 heteroatoms. The zero-order chi connectivity index (χ0) is 10.8. The molecule has 0 spiro atoms. The van der Waals surface area contributed by atoms with E-state index in [1.54, 1.807) is 21.1 Å². The molecule has 2 N–H and O–H groups in total. The number of quaternary nitrogens is 1. The van der Waals surface area contributed by atoms with Crippen molar-refractivity contribution in [2.75, 3.05) is 21.1 Å². The predicted molar refractivity (Wildman–Crippen MR) is 46.3 cm³/mol. The second-order valence-electron chi connectivity index (χ2n) is 4.03. The number of likely N-dealkylation sites (N-methyl/N-ethyl adjacent to an activating group) is 1. The highest BCUT2D eigenvalue weighted by atomic mass is 16.4. The fraction of sp³-hybridized carbons (Fsp3) is 0.750. The Balaban J connectivity index is 4.83. The van der Waals surface area contributed by atoms with Crippen molar-refractivity contribution in [2.24, 2.45) is 5.92 Å². The Labute approximate surface area is 77.2 Å². The number of rotatable bonds is 4. The summed E-state index contributed by atoms with van der Waals surface area (Å²) in [5.74, 6) is -3.06. The van der Waals surface area contributed by atoms with Gasteiger partial charge in [-0.15, -0.1) is 0 Å². The van der Waals surface area contributed by atoms with Crippen LogP contribution in [0.15, 0.2) is 0 Å². The topological polar surface area (TPSA) is 74.6 Å². The van der Waals surface area contributed by atoms with Crippen LogP contribution < -0.4 is 0 Å². The van der Waals surface area contributed by atoms with Gasteiger partial charge in [-0.25, -0.2) is 4.79 Å². The average molecular weight is 190 g/mol. The molecule has 0 fully saturated rings. The Kier molecular flexibility index (Phi) is 3.42. The minimum Gasteiger partial charge on any atom is -0.481 e. The lowest BCUT2D eigenvalue weighted by Gasteiger charge is -2.33. The minimum absolute atomic E-state index is 0.100. The number of nitrogens with zero attached hydrogens (tertiary/aromatic N) is 1. The summed E-state index contributed by atoms with van der Waals surface area (Å²) in [7, 11) is 4.99. The van der Waals surface area contributed by atoms with Crippen molar-refractivity contribution in [3.8, 4) is 0 Å². The van der Waals surface area contributed by atoms with Crippen LogP contribution in [0.5, 0.6) is 0 Å². The molecule has 0 aliphatic heterocycles. The minimum atomic E-state index is -1.08. The maximum absolute atomic E-state index is 10.8. The van der Waals surface area contributed by atoms with Gasteiger partial charge in [0.1, 0.15) is 5.92 Å². The smallest absolute Gasteiger partial charge is 0.363 e. The van der Waals surface area contributed by atoms with E-state index in [0.717, 1.165) is 0 Å². The van der Waals surface area contributed by atoms with Crippen LogP contribution >= 0.6 is 0 Å². The molecule has 5 nitrogen and oxygen atoms in total. The van der Waals surface area contributed by atoms with Gasteiger partial charge in [0.2, 0.25) is 0 Å². The number of carboxylic acids is 2. The normalized spacial score (nSPS) is 16.3. The molecular formula is C8H16NO4+. The molecule has 0 saturated carbocycles. The third kappa shape index (κ3) is 3.02. The lowest BCUT2D eigenvalue weighted by atomic mass is 10.00. The van der Waals surface area contributed by atoms with E-state index in [4.69, 9.17) is 10.2 Å². The van der Waals surface area contributed by atoms with E-state index >= 15 is 0 Å². The van der Waals surface area contributed by atoms with Gasteiger partial charge in [-0.1, -0.05) is 0 Å². The third-order valence-electron chi connectivity index (χ3n) is 1.95. The van der Waals surface area contributed by atoms with Crippen LogP contribution in [-0.2, 0) is 9.59 Å². The molecule has 0 amide bonds. The SMILES string of the molecule is CC(C(=O)O)C(C(=O)O)[N+](C)(C)C. The van der Waals surface area contributed by atoms with Gasteiger partial charge in [-0.05, 0) is 6.92 Å². The second kappa shape index (κ2) is 3.74. The highest BCUT2D eigenvalue weighted by molar-refractivity contribution is 5.81. The van der Waals surface area contributed by atoms with E-state index in [-0.39, 0.29) is 4.48 Å². The molecule has 0 aliphatic carbocycles. The first-order chi connectivity index (χ1) is 5.68. The average Bonchev–Trinajstić information content (AvgIpc) is 1.82. The van der Waals surface area contributed by atoms with Gasteiger partial charge >= 0.3 is 11.9 Å². The van der Waals surface area contributed by atoms with Gasteiger partial charge in [-0.2, -0.15) is 0 Å². The Bertz CT molecular complexity index is 219. The molecule has 0 heterocycles. The number of carbonyl (C=O) groups is 2. The van der Waals surface area contributed by atoms with E-state index in [1.165, 1.54) is 6.92 Å². The fourth-order valence-corrected chi connectivity index (χ4v) is 1.35. The van der Waals surface area contributed by atoms with Gasteiger partial charge in [0, 0.05) is 0 Å². The number of aliphatic carboxylic acids is 2. The maximum atomic E-state index is 10.8. The molecular weight excluding hydrogens is 174 g/mol. The van der Waals surface area contributed by atoms with Gasteiger partial charge in [-0.3, -0.25) is 4.79 Å². The van der Waals surface area contributed by atoms with Gasteiger partial charge < -0.3 is 14.7 Å². The van der Waals surface area contributed by atoms with Crippen molar-refractivity contribution in [3.05, 3.63) is 0 Å². The van der Waals surface area contributed by atoms with Crippen LogP contribution in [0, 0.1) is 5.92 Å². The van der Waals surface area contributed by atoms with Gasteiger partial charge in [0.15, 0.2) is 6.04 Å². The first-order valence-corrected chi connectivity index (χ1v) is 3.94. The molecule has 0 radical (unpaired) electrons. The lowest BCUT2D eigenvalue weighted by molar-refractivity contribution is -0.889. The molecule has 2 atom stereocenters. The Morgan fingerprint density at radius 2 is 1.46 bits per heavy atom. The fourth-order valence-electron chi connectivity index (χ4n) is 1.35. The molecule has 2 unspecified atom stereocenters. The van der Waals surface area contributed by atoms with Crippen molar-refractivity contribution >= 4 is 11.9 Å². The zero-order valence-electron chi connectivity index (χ0n) is 8.31. The molecule has 0 aromatic carbocycles. The molecule has 0 bridgehead atoms. The highest BCUT2D eigenvalue weighted by Gasteiger charge is 2.40. The number of hydrogen-bond acceptors (Lipinski definition) is 2. The summed E-state index contributed by atoms with van der Waals surface area (Å²) in [5, 5.41) is 17.5. The van der Waals surface area contributed by atoms with Gasteiger partial charge in [0.05, 0.1) is 21.1 Å². The third-order valence-corrected chi connectivity index (χ3v) is 1.95. The highest BCUT2D eigenvalue weighted by Crippen LogP contribution is 2.14. The van der Waals surface area contributed by atoms with Crippen LogP contribution in [0.4, 0.5) is 0 Å². The summed E-state index contributed by atoms with van der Waals surface area (Å²) in [6, 6.07) is -0.919. The summed E-state index contributed by atoms with van der Waals surface area (Å²) in [4.78, 5) is 21.4. The van der Waals surface area contributed by atoms with E-state index in [1.807, 2.05) is 0 Å². The van der Waals surface area contributed by atoms with Crippen LogP contribution in [0.1, 0.15) is 6.92 Å². The number of carboxylic acid groups (broad SMARTS) is 2. The zero-order valence-corrected chi connectivity index (χ0v) is 8.31. The summed E-state index contributed by atoms with van der Waals surface area (Å²) in [6.45, 7) is 1.41. The van der Waals surface area contributed by atoms with Crippen LogP contribution in [0.3, 0.4) is 0 Å². The van der Waals surface area contributed by atoms with E-state index in [0.29, 0.717) is 0 Å². The molecule has 0 saturated heterocycles. The van der Waals surface area contributed by atoms with Crippen molar-refractivity contribution in [1.29, 1.82) is 0 Å². The van der Waals surface area contributed by atoms with Crippen LogP contribution in [0.25, 0.3) is 0 Å². The molecule has 0 aromatic heterocycles. The lowest BCUT2D eigenvalue weighted by Crippen LogP contribution is -2.54. The molecule has 0 aliphatic rings. The van der Waals surface area contributed by atoms with Gasteiger partial charge in [0.25, 0.3) is 0 Å². The Hall–Kier alpha value is -1.10. The standard InChI is InChI=1S/C8H15NO4/c1-5(7(10)11)6(8(12)13)9(2,3)4/h5-6H,1-4H3,(H-,10,11,12,13)/p+1. The van der Waals surface area contributed by atoms with E-state index in [9.17, 15) is 9.59 Å². The molecule has 76 valence electrons. The molecule has 13 heavy (non-hydrogen) atoms. The number of hydrogen-bond donors (Lipinski definition) is 2. The van der Waals surface area contributed by atoms with Crippen LogP contribution in [0.2, 0.25) is 0 Å². The quantitative estimate of drug-likeness (QED) is 0.605. The maximum Gasteiger partial charge on any atom is 0.363 e. The summed E-state index contributed by atoms with van der Waals surface area (Å²) < 4.78 is 0.100. The summed E-state index contributed by atoms with van der Waals surface area (Å²) >= 11 is 0. The van der Waals surface area contributed by atoms with Crippen molar-refractivity contribution in [3.63, 3.8) is 0 Å². The van der Waals surface area contributed by atoms with Crippen molar-refractivity contribution in [1.82, 2.24) is 0 Å².